The zero-order chi connectivity index (χ0) is 30.8. The zero-order valence-corrected chi connectivity index (χ0v) is 26.0. The number of pyridine rings is 1. The van der Waals surface area contributed by atoms with Gasteiger partial charge in [-0.25, -0.2) is 0 Å². The van der Waals surface area contributed by atoms with Gasteiger partial charge < -0.3 is 9.31 Å². The molecule has 0 aliphatic carbocycles. The number of hydrogen-bond donors (Lipinski definition) is 0. The lowest BCUT2D eigenvalue weighted by Gasteiger charge is -2.32. The van der Waals surface area contributed by atoms with E-state index in [1.54, 1.807) is 0 Å². The van der Waals surface area contributed by atoms with Crippen LogP contribution in [0.2, 0.25) is 0 Å². The molecule has 0 bridgehead atoms. The first-order valence-electron chi connectivity index (χ1n) is 15.7. The van der Waals surface area contributed by atoms with Crippen molar-refractivity contribution < 1.29 is 9.31 Å². The summed E-state index contributed by atoms with van der Waals surface area (Å²) in [6.45, 7) is 8.31. The summed E-state index contributed by atoms with van der Waals surface area (Å²) in [6, 6.07) is 45.7. The Labute approximate surface area is 264 Å². The lowest BCUT2D eigenvalue weighted by Crippen LogP contribution is -2.41. The lowest BCUT2D eigenvalue weighted by atomic mass is 9.80. The van der Waals surface area contributed by atoms with Gasteiger partial charge in [-0.15, -0.1) is 0 Å². The molecule has 0 amide bonds. The van der Waals surface area contributed by atoms with Crippen LogP contribution in [-0.2, 0) is 9.31 Å². The Morgan fingerprint density at radius 1 is 0.467 bits per heavy atom. The first-order chi connectivity index (χ1) is 21.8. The molecule has 0 spiro atoms. The molecule has 0 unspecified atom stereocenters. The van der Waals surface area contributed by atoms with Crippen LogP contribution >= 0.6 is 0 Å². The van der Waals surface area contributed by atoms with Gasteiger partial charge in [0.1, 0.15) is 0 Å². The minimum atomic E-state index is -0.445. The second-order valence-corrected chi connectivity index (χ2v) is 13.0. The number of rotatable bonds is 4. The van der Waals surface area contributed by atoms with Gasteiger partial charge in [0.05, 0.1) is 16.9 Å². The number of fused-ring (bicyclic) bond motifs is 3. The third-order valence-corrected chi connectivity index (χ3v) is 9.78. The summed E-state index contributed by atoms with van der Waals surface area (Å²) in [5.74, 6) is 0. The molecule has 8 rings (SSSR count). The Morgan fingerprint density at radius 3 is 1.47 bits per heavy atom. The Morgan fingerprint density at radius 2 is 0.933 bits per heavy atom. The second-order valence-electron chi connectivity index (χ2n) is 13.0. The largest absolute Gasteiger partial charge is 0.496 e. The molecule has 0 atom stereocenters. The van der Waals surface area contributed by atoms with E-state index >= 15 is 0 Å². The Kier molecular flexibility index (Phi) is 6.42. The zero-order valence-electron chi connectivity index (χ0n) is 26.0. The van der Waals surface area contributed by atoms with Gasteiger partial charge in [0.25, 0.3) is 0 Å². The van der Waals surface area contributed by atoms with Crippen molar-refractivity contribution in [3.05, 3.63) is 134 Å². The molecule has 1 aliphatic heterocycles. The maximum absolute atomic E-state index is 6.31. The summed E-state index contributed by atoms with van der Waals surface area (Å²) in [7, 11) is -0.445. The molecule has 1 fully saturated rings. The monoisotopic (exact) mass is 583 g/mol. The van der Waals surface area contributed by atoms with Gasteiger partial charge in [0, 0.05) is 17.2 Å². The van der Waals surface area contributed by atoms with E-state index in [4.69, 9.17) is 14.3 Å². The van der Waals surface area contributed by atoms with Crippen molar-refractivity contribution >= 4 is 44.9 Å². The molecule has 1 saturated heterocycles. The third kappa shape index (κ3) is 4.48. The van der Waals surface area contributed by atoms with E-state index in [1.165, 1.54) is 54.6 Å². The predicted octanol–water partition coefficient (Wildman–Crippen LogP) is 9.84. The van der Waals surface area contributed by atoms with Crippen LogP contribution in [0.15, 0.2) is 134 Å². The second kappa shape index (κ2) is 10.4. The van der Waals surface area contributed by atoms with E-state index in [2.05, 4.69) is 155 Å². The Bertz CT molecular complexity index is 2150. The maximum atomic E-state index is 6.31. The van der Waals surface area contributed by atoms with Crippen LogP contribution in [0.3, 0.4) is 0 Å². The molecule has 45 heavy (non-hydrogen) atoms. The molecule has 2 heterocycles. The minimum Gasteiger partial charge on any atom is -0.399 e. The highest BCUT2D eigenvalue weighted by Gasteiger charge is 2.51. The van der Waals surface area contributed by atoms with Crippen molar-refractivity contribution in [3.8, 4) is 33.5 Å². The fourth-order valence-corrected chi connectivity index (χ4v) is 6.75. The average Bonchev–Trinajstić information content (AvgIpc) is 3.29. The normalized spacial score (nSPS) is 15.7. The van der Waals surface area contributed by atoms with Crippen molar-refractivity contribution in [2.75, 3.05) is 0 Å². The molecule has 1 aliphatic rings. The average molecular weight is 584 g/mol. The number of aromatic nitrogens is 1. The van der Waals surface area contributed by atoms with E-state index in [-0.39, 0.29) is 0 Å². The SMILES string of the molecule is CC1(C)OB(c2ccc(-c3c4ccccc4c(-c4ccc(-c5ccccc5)c5ccccc45)c4ccccc34)nc2)OC1(C)C. The number of benzene rings is 6. The van der Waals surface area contributed by atoms with Crippen molar-refractivity contribution in [1.82, 2.24) is 4.98 Å². The van der Waals surface area contributed by atoms with Crippen LogP contribution in [0, 0.1) is 0 Å². The van der Waals surface area contributed by atoms with Gasteiger partial charge in [0.15, 0.2) is 0 Å². The van der Waals surface area contributed by atoms with Gasteiger partial charge in [-0.1, -0.05) is 121 Å². The molecular weight excluding hydrogens is 549 g/mol. The van der Waals surface area contributed by atoms with Crippen LogP contribution in [0.1, 0.15) is 27.7 Å². The van der Waals surface area contributed by atoms with Gasteiger partial charge in [0.2, 0.25) is 0 Å². The van der Waals surface area contributed by atoms with Gasteiger partial charge in [-0.2, -0.15) is 0 Å². The summed E-state index contributed by atoms with van der Waals surface area (Å²) in [5, 5.41) is 7.27. The Balaban J connectivity index is 1.33. The van der Waals surface area contributed by atoms with Crippen LogP contribution in [0.5, 0.6) is 0 Å². The summed E-state index contributed by atoms with van der Waals surface area (Å²) in [4.78, 5) is 5.03. The molecule has 218 valence electrons. The van der Waals surface area contributed by atoms with Crippen LogP contribution in [-0.4, -0.2) is 23.3 Å². The van der Waals surface area contributed by atoms with E-state index < -0.39 is 18.3 Å². The van der Waals surface area contributed by atoms with Crippen molar-refractivity contribution in [2.45, 2.75) is 38.9 Å². The fourth-order valence-electron chi connectivity index (χ4n) is 6.75. The van der Waals surface area contributed by atoms with Crippen LogP contribution < -0.4 is 5.46 Å². The van der Waals surface area contributed by atoms with Crippen LogP contribution in [0.25, 0.3) is 65.8 Å². The molecular formula is C41H34BNO2. The number of nitrogens with zero attached hydrogens (tertiary/aromatic N) is 1. The molecule has 7 aromatic rings. The third-order valence-electron chi connectivity index (χ3n) is 9.78. The first-order valence-corrected chi connectivity index (χ1v) is 15.7. The van der Waals surface area contributed by atoms with Gasteiger partial charge in [-0.05, 0) is 88.3 Å². The number of hydrogen-bond acceptors (Lipinski definition) is 3. The molecule has 0 radical (unpaired) electrons. The smallest absolute Gasteiger partial charge is 0.399 e. The molecule has 1 aromatic heterocycles. The molecule has 3 nitrogen and oxygen atoms in total. The Hall–Kier alpha value is -4.77. The standard InChI is InChI=1S/C41H34BNO2/c1-40(2)41(3,4)45-42(44-40)28-22-25-37(43-26-28)39-34-20-12-10-18-32(34)38(33-19-11-13-21-35(33)39)36-24-23-29(27-14-6-5-7-15-27)30-16-8-9-17-31(30)36/h5-26H,1-4H3. The van der Waals surface area contributed by atoms with Gasteiger partial charge >= 0.3 is 7.12 Å². The maximum Gasteiger partial charge on any atom is 0.496 e. The summed E-state index contributed by atoms with van der Waals surface area (Å²) >= 11 is 0. The van der Waals surface area contributed by atoms with E-state index in [0.29, 0.717) is 0 Å². The van der Waals surface area contributed by atoms with Crippen LogP contribution in [0.4, 0.5) is 0 Å². The lowest BCUT2D eigenvalue weighted by molar-refractivity contribution is 0.00578. The highest BCUT2D eigenvalue weighted by Crippen LogP contribution is 2.46. The van der Waals surface area contributed by atoms with Crippen molar-refractivity contribution in [1.29, 1.82) is 0 Å². The quantitative estimate of drug-likeness (QED) is 0.153. The van der Waals surface area contributed by atoms with Crippen molar-refractivity contribution in [2.24, 2.45) is 0 Å². The summed E-state index contributed by atoms with van der Waals surface area (Å²) in [5.41, 5.74) is 7.13. The molecule has 4 heteroatoms. The van der Waals surface area contributed by atoms with Gasteiger partial charge in [-0.3, -0.25) is 4.98 Å². The minimum absolute atomic E-state index is 0.401. The molecule has 6 aromatic carbocycles. The topological polar surface area (TPSA) is 31.4 Å². The first kappa shape index (κ1) is 27.8. The highest BCUT2D eigenvalue weighted by molar-refractivity contribution is 6.62. The molecule has 0 N–H and O–H groups in total. The van der Waals surface area contributed by atoms with E-state index in [1.807, 2.05) is 6.20 Å². The molecule has 0 saturated carbocycles. The van der Waals surface area contributed by atoms with Crippen molar-refractivity contribution in [3.63, 3.8) is 0 Å². The predicted molar refractivity (Wildman–Crippen MR) is 189 cm³/mol. The summed E-state index contributed by atoms with van der Waals surface area (Å²) < 4.78 is 12.6. The van der Waals surface area contributed by atoms with E-state index in [9.17, 15) is 0 Å². The fraction of sp³-hybridized carbons (Fsp3) is 0.146. The summed E-state index contributed by atoms with van der Waals surface area (Å²) in [6.07, 6.45) is 1.91. The highest BCUT2D eigenvalue weighted by atomic mass is 16.7. The van der Waals surface area contributed by atoms with E-state index in [0.717, 1.165) is 16.7 Å².